The summed E-state index contributed by atoms with van der Waals surface area (Å²) in [6.45, 7) is 11.1. The van der Waals surface area contributed by atoms with E-state index < -0.39 is 141 Å². The van der Waals surface area contributed by atoms with E-state index in [1.165, 1.54) is 45.9 Å². The quantitative estimate of drug-likeness (QED) is 0.0415. The highest BCUT2D eigenvalue weighted by Crippen LogP contribution is 2.52. The second-order valence-corrected chi connectivity index (χ2v) is 16.8. The molecule has 9 N–H and O–H groups in total. The Morgan fingerprint density at radius 2 is 1.13 bits per heavy atom. The molecule has 0 spiro atoms. The summed E-state index contributed by atoms with van der Waals surface area (Å²) in [5.74, 6) is -13.2. The first-order valence-corrected chi connectivity index (χ1v) is 20.8. The van der Waals surface area contributed by atoms with Crippen LogP contribution in [0.15, 0.2) is 36.4 Å². The van der Waals surface area contributed by atoms with Crippen molar-refractivity contribution in [1.29, 1.82) is 0 Å². The first-order chi connectivity index (χ1) is 31.8. The summed E-state index contributed by atoms with van der Waals surface area (Å²) in [6, 6.07) is 6.85. The third-order valence-electron chi connectivity index (χ3n) is 12.5. The lowest BCUT2D eigenvalue weighted by molar-refractivity contribution is -0.283. The molecule has 0 aliphatic carbocycles. The predicted octanol–water partition coefficient (Wildman–Crippen LogP) is 5.89. The number of Topliss-reactive ketones (excluding diaryl/α,β-unsaturated/α-hetero) is 1. The van der Waals surface area contributed by atoms with Gasteiger partial charge >= 0.3 is 23.9 Å². The van der Waals surface area contributed by atoms with Gasteiger partial charge in [-0.15, -0.1) is 0 Å². The molecule has 2 aliphatic rings. The summed E-state index contributed by atoms with van der Waals surface area (Å²) in [4.78, 5) is 70.0. The van der Waals surface area contributed by atoms with Gasteiger partial charge in [-0.2, -0.15) is 0 Å². The molecule has 19 nitrogen and oxygen atoms in total. The number of phenols is 8. The second-order valence-electron chi connectivity index (χ2n) is 16.8. The SMILES string of the molecule is CC(=O)c1cc(O)c(O)c(C)c1-c1c(C(=O)OC2C(OC(=O)c3cc(C)c(C)c(C)c3)OC3COC(=O)c4cc(O)c(O)c(O)c4-c4c(cc(C)c(O)c4O)C(=O)OC3C2O)cc(C)c(C)c1O. The Bertz CT molecular complexity index is 3000. The summed E-state index contributed by atoms with van der Waals surface area (Å²) >= 11 is 0. The molecule has 1 saturated heterocycles. The van der Waals surface area contributed by atoms with Crippen molar-refractivity contribution in [2.24, 2.45) is 0 Å². The fraction of sp³-hybridized carbons (Fsp3) is 0.286. The number of rotatable bonds is 6. The molecule has 5 unspecified atom stereocenters. The van der Waals surface area contributed by atoms with Gasteiger partial charge in [-0.1, -0.05) is 0 Å². The molecule has 19 heteroatoms. The second kappa shape index (κ2) is 17.6. The zero-order valence-corrected chi connectivity index (χ0v) is 37.7. The topological polar surface area (TPSA) is 314 Å². The molecule has 0 bridgehead atoms. The number of aliphatic hydroxyl groups is 1. The smallest absolute Gasteiger partial charge is 0.340 e. The van der Waals surface area contributed by atoms with Crippen LogP contribution < -0.4 is 0 Å². The van der Waals surface area contributed by atoms with Gasteiger partial charge in [0.15, 0.2) is 52.5 Å². The number of phenolic OH excluding ortho intramolecular Hbond substituents is 8. The van der Waals surface area contributed by atoms with Gasteiger partial charge in [0.2, 0.25) is 12.0 Å². The molecule has 0 saturated carbocycles. The third kappa shape index (κ3) is 8.04. The van der Waals surface area contributed by atoms with E-state index in [-0.39, 0.29) is 38.9 Å². The van der Waals surface area contributed by atoms with Crippen molar-refractivity contribution in [2.75, 3.05) is 6.61 Å². The van der Waals surface area contributed by atoms with E-state index in [1.807, 2.05) is 6.92 Å². The summed E-state index contributed by atoms with van der Waals surface area (Å²) in [6.07, 6.45) is -10.4. The number of ketones is 1. The van der Waals surface area contributed by atoms with E-state index in [1.54, 1.807) is 13.8 Å². The molecule has 2 aliphatic heterocycles. The van der Waals surface area contributed by atoms with Crippen molar-refractivity contribution < 1.29 is 93.6 Å². The van der Waals surface area contributed by atoms with Crippen LogP contribution in [0.3, 0.4) is 0 Å². The molecular formula is C49H46O19. The number of carbonyl (C=O) groups is 5. The number of fused-ring (bicyclic) bond motifs is 4. The van der Waals surface area contributed by atoms with E-state index in [0.717, 1.165) is 24.6 Å². The van der Waals surface area contributed by atoms with Gasteiger partial charge in [0, 0.05) is 33.4 Å². The van der Waals surface area contributed by atoms with Gasteiger partial charge in [0.25, 0.3) is 0 Å². The van der Waals surface area contributed by atoms with Crippen molar-refractivity contribution in [3.8, 4) is 68.2 Å². The minimum atomic E-state index is -2.28. The van der Waals surface area contributed by atoms with E-state index in [0.29, 0.717) is 22.8 Å². The number of carbonyl (C=O) groups excluding carboxylic acids is 5. The van der Waals surface area contributed by atoms with Crippen LogP contribution >= 0.6 is 0 Å². The lowest BCUT2D eigenvalue weighted by Gasteiger charge is -2.42. The van der Waals surface area contributed by atoms with Crippen molar-refractivity contribution in [1.82, 2.24) is 0 Å². The number of aryl methyl sites for hydroxylation is 4. The Kier molecular flexibility index (Phi) is 12.4. The molecule has 5 aromatic rings. The summed E-state index contributed by atoms with van der Waals surface area (Å²) in [7, 11) is 0. The van der Waals surface area contributed by atoms with Gasteiger partial charge in [-0.25, -0.2) is 19.2 Å². The maximum Gasteiger partial charge on any atom is 0.340 e. The molecule has 7 rings (SSSR count). The number of aliphatic hydroxyl groups excluding tert-OH is 1. The zero-order valence-electron chi connectivity index (χ0n) is 37.7. The third-order valence-corrected chi connectivity index (χ3v) is 12.5. The first kappa shape index (κ1) is 47.9. The summed E-state index contributed by atoms with van der Waals surface area (Å²) in [5.41, 5.74) is -1.73. The number of hydrogen-bond acceptors (Lipinski definition) is 19. The minimum absolute atomic E-state index is 0.00792. The fourth-order valence-electron chi connectivity index (χ4n) is 8.30. The van der Waals surface area contributed by atoms with Gasteiger partial charge in [0.05, 0.1) is 22.3 Å². The summed E-state index contributed by atoms with van der Waals surface area (Å²) < 4.78 is 29.1. The number of cyclic esters (lactones) is 1. The van der Waals surface area contributed by atoms with Crippen LogP contribution in [0.2, 0.25) is 0 Å². The van der Waals surface area contributed by atoms with Gasteiger partial charge in [-0.05, 0) is 125 Å². The Morgan fingerprint density at radius 1 is 0.559 bits per heavy atom. The Hall–Kier alpha value is -8.03. The molecule has 68 heavy (non-hydrogen) atoms. The lowest BCUT2D eigenvalue weighted by Crippen LogP contribution is -2.62. The molecule has 2 heterocycles. The fourth-order valence-corrected chi connectivity index (χ4v) is 8.30. The van der Waals surface area contributed by atoms with Crippen LogP contribution in [0.5, 0.6) is 46.0 Å². The Morgan fingerprint density at radius 3 is 1.75 bits per heavy atom. The zero-order chi connectivity index (χ0) is 50.1. The van der Waals surface area contributed by atoms with Crippen molar-refractivity contribution >= 4 is 29.7 Å². The molecule has 0 amide bonds. The van der Waals surface area contributed by atoms with Crippen LogP contribution in [-0.4, -0.2) is 113 Å². The monoisotopic (exact) mass is 938 g/mol. The Labute approximate surface area is 386 Å². The summed E-state index contributed by atoms with van der Waals surface area (Å²) in [5, 5.41) is 99.3. The lowest BCUT2D eigenvalue weighted by atomic mass is 9.86. The maximum atomic E-state index is 14.7. The molecule has 1 fully saturated rings. The van der Waals surface area contributed by atoms with Crippen LogP contribution in [0.1, 0.15) is 97.7 Å². The van der Waals surface area contributed by atoms with Gasteiger partial charge in [0.1, 0.15) is 24.6 Å². The van der Waals surface area contributed by atoms with E-state index >= 15 is 0 Å². The van der Waals surface area contributed by atoms with Crippen LogP contribution in [0.4, 0.5) is 0 Å². The molecule has 5 atom stereocenters. The van der Waals surface area contributed by atoms with E-state index in [9.17, 15) is 69.9 Å². The number of ether oxygens (including phenoxy) is 5. The van der Waals surface area contributed by atoms with E-state index in [2.05, 4.69) is 0 Å². The largest absolute Gasteiger partial charge is 0.507 e. The predicted molar refractivity (Wildman–Crippen MR) is 235 cm³/mol. The number of aromatic hydroxyl groups is 8. The molecular weight excluding hydrogens is 893 g/mol. The number of hydrogen-bond donors (Lipinski definition) is 9. The highest BCUT2D eigenvalue weighted by molar-refractivity contribution is 6.09. The van der Waals surface area contributed by atoms with Gasteiger partial charge in [-0.3, -0.25) is 4.79 Å². The highest BCUT2D eigenvalue weighted by Gasteiger charge is 2.53. The maximum absolute atomic E-state index is 14.7. The normalized spacial score (nSPS) is 19.0. The first-order valence-electron chi connectivity index (χ1n) is 20.8. The minimum Gasteiger partial charge on any atom is -0.507 e. The van der Waals surface area contributed by atoms with Crippen molar-refractivity contribution in [3.05, 3.63) is 103 Å². The Balaban J connectivity index is 1.39. The van der Waals surface area contributed by atoms with Crippen molar-refractivity contribution in [3.63, 3.8) is 0 Å². The number of benzene rings is 5. The molecule has 356 valence electrons. The molecule has 0 aromatic heterocycles. The standard InChI is InChI=1S/C49H46O19/c1-16-9-24(10-17(2)20(16)5)45(60)68-49-44(67-48(63)26-11-18(3)21(6)38(55)33(26)32-22(7)37(54)29(51)13-25(32)23(8)50)42(59)43-31(65-49)15-64-46(61)28-14-30(52)39(56)41(58)35(28)34-27(47(62)66-43)12-19(4)36(53)40(34)57/h9-14,31,42-44,49,51-59H,15H2,1-8H3. The van der Waals surface area contributed by atoms with Gasteiger partial charge < -0.3 is 69.6 Å². The highest BCUT2D eigenvalue weighted by atomic mass is 16.7. The van der Waals surface area contributed by atoms with E-state index in [4.69, 9.17) is 23.7 Å². The van der Waals surface area contributed by atoms with Crippen LogP contribution in [0.25, 0.3) is 22.3 Å². The molecule has 5 aromatic carbocycles. The molecule has 0 radical (unpaired) electrons. The number of esters is 4. The average molecular weight is 939 g/mol. The van der Waals surface area contributed by atoms with Crippen LogP contribution in [0, 0.1) is 48.5 Å². The van der Waals surface area contributed by atoms with Crippen molar-refractivity contribution in [2.45, 2.75) is 86.1 Å². The van der Waals surface area contributed by atoms with Crippen LogP contribution in [-0.2, 0) is 23.7 Å². The average Bonchev–Trinajstić information content (AvgIpc) is 3.29.